The molecule has 0 amide bonds. The third-order valence-electron chi connectivity index (χ3n) is 3.52. The molecule has 1 aliphatic carbocycles. The molecule has 1 aromatic carbocycles. The van der Waals surface area contributed by atoms with Crippen molar-refractivity contribution in [1.29, 1.82) is 0 Å². The average Bonchev–Trinajstić information content (AvgIpc) is 3.05. The van der Waals surface area contributed by atoms with Gasteiger partial charge < -0.3 is 13.9 Å². The lowest BCUT2D eigenvalue weighted by Crippen LogP contribution is -1.98. The SMILES string of the molecule is O=C(O)c1oc(-c2coc3ccccc23)nc1C1CC1. The van der Waals surface area contributed by atoms with E-state index in [1.54, 1.807) is 6.26 Å². The van der Waals surface area contributed by atoms with Gasteiger partial charge in [-0.1, -0.05) is 18.2 Å². The quantitative estimate of drug-likeness (QED) is 0.785. The molecule has 0 bridgehead atoms. The standard InChI is InChI=1S/C15H11NO4/c17-15(18)13-12(8-5-6-8)16-14(20-13)10-7-19-11-4-2-1-3-9(10)11/h1-4,7-8H,5-6H2,(H,17,18). The number of hydrogen-bond donors (Lipinski definition) is 1. The molecule has 2 heterocycles. The second-order valence-corrected chi connectivity index (χ2v) is 4.96. The van der Waals surface area contributed by atoms with Crippen molar-refractivity contribution in [3.05, 3.63) is 42.0 Å². The number of benzene rings is 1. The van der Waals surface area contributed by atoms with Crippen molar-refractivity contribution >= 4 is 16.9 Å². The van der Waals surface area contributed by atoms with E-state index in [0.717, 1.165) is 23.8 Å². The Balaban J connectivity index is 1.90. The fourth-order valence-electron chi connectivity index (χ4n) is 2.38. The van der Waals surface area contributed by atoms with E-state index in [-0.39, 0.29) is 11.7 Å². The summed E-state index contributed by atoms with van der Waals surface area (Å²) < 4.78 is 10.9. The van der Waals surface area contributed by atoms with Crippen molar-refractivity contribution in [2.24, 2.45) is 0 Å². The number of hydrogen-bond acceptors (Lipinski definition) is 4. The smallest absolute Gasteiger partial charge is 0.373 e. The Labute approximate surface area is 113 Å². The number of furan rings is 1. The van der Waals surface area contributed by atoms with Crippen LogP contribution in [0.25, 0.3) is 22.4 Å². The van der Waals surface area contributed by atoms with Gasteiger partial charge in [0, 0.05) is 11.3 Å². The molecule has 0 spiro atoms. The van der Waals surface area contributed by atoms with Gasteiger partial charge in [0.2, 0.25) is 11.7 Å². The van der Waals surface area contributed by atoms with Crippen LogP contribution in [0.3, 0.4) is 0 Å². The van der Waals surface area contributed by atoms with E-state index >= 15 is 0 Å². The number of aromatic carboxylic acids is 1. The molecule has 0 radical (unpaired) electrons. The highest BCUT2D eigenvalue weighted by Crippen LogP contribution is 2.43. The van der Waals surface area contributed by atoms with E-state index in [9.17, 15) is 9.90 Å². The first-order chi connectivity index (χ1) is 9.74. The van der Waals surface area contributed by atoms with Crippen LogP contribution in [0.4, 0.5) is 0 Å². The van der Waals surface area contributed by atoms with E-state index in [1.165, 1.54) is 0 Å². The fourth-order valence-corrected chi connectivity index (χ4v) is 2.38. The normalized spacial score (nSPS) is 14.8. The summed E-state index contributed by atoms with van der Waals surface area (Å²) in [7, 11) is 0. The van der Waals surface area contributed by atoms with E-state index in [2.05, 4.69) is 4.98 Å². The second-order valence-electron chi connectivity index (χ2n) is 4.96. The van der Waals surface area contributed by atoms with E-state index in [1.807, 2.05) is 24.3 Å². The maximum Gasteiger partial charge on any atom is 0.373 e. The number of carbonyl (C=O) groups is 1. The summed E-state index contributed by atoms with van der Waals surface area (Å²) in [6.07, 6.45) is 3.50. The lowest BCUT2D eigenvalue weighted by Gasteiger charge is -1.90. The summed E-state index contributed by atoms with van der Waals surface area (Å²) in [4.78, 5) is 15.6. The first-order valence-electron chi connectivity index (χ1n) is 6.44. The molecular formula is C15H11NO4. The molecule has 0 saturated heterocycles. The summed E-state index contributed by atoms with van der Waals surface area (Å²) in [6, 6.07) is 7.52. The topological polar surface area (TPSA) is 76.5 Å². The average molecular weight is 269 g/mol. The molecular weight excluding hydrogens is 258 g/mol. The monoisotopic (exact) mass is 269 g/mol. The van der Waals surface area contributed by atoms with Gasteiger partial charge in [0.15, 0.2) is 0 Å². The zero-order valence-electron chi connectivity index (χ0n) is 10.5. The minimum absolute atomic E-state index is 0.0484. The van der Waals surface area contributed by atoms with Crippen LogP contribution < -0.4 is 0 Å². The Bertz CT molecular complexity index is 810. The maximum absolute atomic E-state index is 11.2. The molecule has 2 aromatic heterocycles. The molecule has 100 valence electrons. The highest BCUT2D eigenvalue weighted by atomic mass is 16.4. The zero-order valence-corrected chi connectivity index (χ0v) is 10.5. The zero-order chi connectivity index (χ0) is 13.7. The Morgan fingerprint density at radius 3 is 2.85 bits per heavy atom. The Hall–Kier alpha value is -2.56. The number of fused-ring (bicyclic) bond motifs is 1. The van der Waals surface area contributed by atoms with E-state index in [0.29, 0.717) is 17.1 Å². The van der Waals surface area contributed by atoms with Gasteiger partial charge in [-0.15, -0.1) is 0 Å². The van der Waals surface area contributed by atoms with Crippen LogP contribution in [-0.4, -0.2) is 16.1 Å². The summed E-state index contributed by atoms with van der Waals surface area (Å²) in [5.41, 5.74) is 1.97. The highest BCUT2D eigenvalue weighted by molar-refractivity contribution is 5.92. The van der Waals surface area contributed by atoms with Gasteiger partial charge in [0.05, 0.1) is 11.3 Å². The summed E-state index contributed by atoms with van der Waals surface area (Å²) in [5, 5.41) is 10.1. The van der Waals surface area contributed by atoms with Crippen molar-refractivity contribution < 1.29 is 18.7 Å². The number of carboxylic acid groups (broad SMARTS) is 1. The van der Waals surface area contributed by atoms with E-state index < -0.39 is 5.97 Å². The van der Waals surface area contributed by atoms with Gasteiger partial charge >= 0.3 is 5.97 Å². The van der Waals surface area contributed by atoms with Gasteiger partial charge in [0.1, 0.15) is 11.8 Å². The Morgan fingerprint density at radius 2 is 2.10 bits per heavy atom. The molecule has 0 aliphatic heterocycles. The van der Waals surface area contributed by atoms with Crippen LogP contribution in [0.1, 0.15) is 35.0 Å². The van der Waals surface area contributed by atoms with Gasteiger partial charge in [-0.05, 0) is 18.9 Å². The predicted molar refractivity (Wildman–Crippen MR) is 70.6 cm³/mol. The molecule has 0 unspecified atom stereocenters. The first-order valence-corrected chi connectivity index (χ1v) is 6.44. The first kappa shape index (κ1) is 11.3. The van der Waals surface area contributed by atoms with Crippen molar-refractivity contribution in [3.8, 4) is 11.5 Å². The maximum atomic E-state index is 11.2. The Morgan fingerprint density at radius 1 is 1.30 bits per heavy atom. The van der Waals surface area contributed by atoms with Crippen molar-refractivity contribution in [2.45, 2.75) is 18.8 Å². The molecule has 5 heteroatoms. The summed E-state index contributed by atoms with van der Waals surface area (Å²) >= 11 is 0. The lowest BCUT2D eigenvalue weighted by molar-refractivity contribution is 0.0661. The third-order valence-corrected chi connectivity index (χ3v) is 3.52. The number of carboxylic acids is 1. The summed E-state index contributed by atoms with van der Waals surface area (Å²) in [6.45, 7) is 0. The lowest BCUT2D eigenvalue weighted by atomic mass is 10.2. The number of aromatic nitrogens is 1. The number of rotatable bonds is 3. The van der Waals surface area contributed by atoms with Gasteiger partial charge in [0.25, 0.3) is 0 Å². The molecule has 5 nitrogen and oxygen atoms in total. The van der Waals surface area contributed by atoms with Gasteiger partial charge in [-0.2, -0.15) is 0 Å². The largest absolute Gasteiger partial charge is 0.475 e. The fraction of sp³-hybridized carbons (Fsp3) is 0.200. The van der Waals surface area contributed by atoms with E-state index in [4.69, 9.17) is 8.83 Å². The van der Waals surface area contributed by atoms with Gasteiger partial charge in [-0.25, -0.2) is 9.78 Å². The second kappa shape index (κ2) is 3.96. The van der Waals surface area contributed by atoms with Crippen LogP contribution in [0.5, 0.6) is 0 Å². The van der Waals surface area contributed by atoms with Gasteiger partial charge in [-0.3, -0.25) is 0 Å². The molecule has 1 N–H and O–H groups in total. The minimum atomic E-state index is -1.07. The highest BCUT2D eigenvalue weighted by Gasteiger charge is 2.34. The van der Waals surface area contributed by atoms with Crippen LogP contribution in [-0.2, 0) is 0 Å². The minimum Gasteiger partial charge on any atom is -0.475 e. The van der Waals surface area contributed by atoms with Crippen molar-refractivity contribution in [1.82, 2.24) is 4.98 Å². The van der Waals surface area contributed by atoms with Crippen molar-refractivity contribution in [2.75, 3.05) is 0 Å². The molecule has 1 aliphatic rings. The third kappa shape index (κ3) is 1.63. The predicted octanol–water partition coefficient (Wildman–Crippen LogP) is 3.66. The van der Waals surface area contributed by atoms with Crippen LogP contribution in [0, 0.1) is 0 Å². The number of oxazole rings is 1. The molecule has 1 fully saturated rings. The molecule has 1 saturated carbocycles. The number of nitrogens with zero attached hydrogens (tertiary/aromatic N) is 1. The summed E-state index contributed by atoms with van der Waals surface area (Å²) in [5.74, 6) is -0.586. The molecule has 3 aromatic rings. The van der Waals surface area contributed by atoms with Crippen LogP contribution in [0.15, 0.2) is 39.4 Å². The molecule has 4 rings (SSSR count). The Kier molecular flexibility index (Phi) is 2.24. The molecule has 20 heavy (non-hydrogen) atoms. The van der Waals surface area contributed by atoms with Crippen molar-refractivity contribution in [3.63, 3.8) is 0 Å². The van der Waals surface area contributed by atoms with Crippen LogP contribution in [0.2, 0.25) is 0 Å². The molecule has 0 atom stereocenters. The van der Waals surface area contributed by atoms with Crippen LogP contribution >= 0.6 is 0 Å². The number of para-hydroxylation sites is 1.